The fourth-order valence-electron chi connectivity index (χ4n) is 2.53. The lowest BCUT2D eigenvalue weighted by atomic mass is 10.1. The highest BCUT2D eigenvalue weighted by atomic mass is 33.1. The van der Waals surface area contributed by atoms with Crippen LogP contribution in [0.2, 0.25) is 0 Å². The lowest BCUT2D eigenvalue weighted by Crippen LogP contribution is -1.97. The summed E-state index contributed by atoms with van der Waals surface area (Å²) < 4.78 is 24.3. The zero-order valence-electron chi connectivity index (χ0n) is 14.7. The SMILES string of the molecule is CCCCCCCCCCCCSS(=O)(=O)c1ccc(C)cc1. The molecule has 0 heterocycles. The third kappa shape index (κ3) is 9.41. The van der Waals surface area contributed by atoms with E-state index < -0.39 is 8.87 Å². The van der Waals surface area contributed by atoms with Crippen molar-refractivity contribution in [2.75, 3.05) is 5.75 Å². The highest BCUT2D eigenvalue weighted by Crippen LogP contribution is 2.24. The van der Waals surface area contributed by atoms with E-state index in [4.69, 9.17) is 0 Å². The maximum atomic E-state index is 12.2. The van der Waals surface area contributed by atoms with Crippen molar-refractivity contribution in [3.8, 4) is 0 Å². The Morgan fingerprint density at radius 3 is 1.78 bits per heavy atom. The van der Waals surface area contributed by atoms with Crippen LogP contribution in [-0.4, -0.2) is 14.2 Å². The Morgan fingerprint density at radius 2 is 1.26 bits per heavy atom. The van der Waals surface area contributed by atoms with Gasteiger partial charge in [-0.15, -0.1) is 0 Å². The molecule has 0 amide bonds. The van der Waals surface area contributed by atoms with E-state index in [1.165, 1.54) is 51.4 Å². The van der Waals surface area contributed by atoms with Gasteiger partial charge in [0.25, 0.3) is 0 Å². The van der Waals surface area contributed by atoms with E-state index in [0.29, 0.717) is 10.6 Å². The second kappa shape index (κ2) is 12.0. The summed E-state index contributed by atoms with van der Waals surface area (Å²) in [5.41, 5.74) is 1.09. The molecule has 23 heavy (non-hydrogen) atoms. The molecule has 0 bridgehead atoms. The minimum absolute atomic E-state index is 0.431. The molecular weight excluding hydrogens is 324 g/mol. The van der Waals surface area contributed by atoms with Gasteiger partial charge in [0.2, 0.25) is 8.87 Å². The molecule has 0 N–H and O–H groups in total. The predicted molar refractivity (Wildman–Crippen MR) is 103 cm³/mol. The van der Waals surface area contributed by atoms with Crippen molar-refractivity contribution in [2.24, 2.45) is 0 Å². The molecule has 0 unspecified atom stereocenters. The third-order valence-electron chi connectivity index (χ3n) is 4.05. The first-order valence-electron chi connectivity index (χ1n) is 9.02. The predicted octanol–water partition coefficient (Wildman–Crippen LogP) is 6.34. The van der Waals surface area contributed by atoms with Gasteiger partial charge in [-0.1, -0.05) is 82.4 Å². The summed E-state index contributed by atoms with van der Waals surface area (Å²) in [7, 11) is -2.08. The molecule has 0 aromatic heterocycles. The zero-order valence-corrected chi connectivity index (χ0v) is 16.4. The van der Waals surface area contributed by atoms with E-state index in [-0.39, 0.29) is 0 Å². The fourth-order valence-corrected chi connectivity index (χ4v) is 5.43. The Hall–Kier alpha value is -0.480. The van der Waals surface area contributed by atoms with Gasteiger partial charge in [0.1, 0.15) is 0 Å². The van der Waals surface area contributed by atoms with Gasteiger partial charge in [0.15, 0.2) is 0 Å². The Labute approximate surface area is 146 Å². The molecule has 0 saturated heterocycles. The van der Waals surface area contributed by atoms with Gasteiger partial charge in [-0.25, -0.2) is 8.42 Å². The Kier molecular flexibility index (Phi) is 10.7. The van der Waals surface area contributed by atoms with E-state index in [0.717, 1.165) is 29.2 Å². The van der Waals surface area contributed by atoms with E-state index in [2.05, 4.69) is 6.92 Å². The molecule has 0 aliphatic rings. The van der Waals surface area contributed by atoms with Crippen molar-refractivity contribution in [2.45, 2.75) is 83.0 Å². The average Bonchev–Trinajstić information content (AvgIpc) is 2.53. The Morgan fingerprint density at radius 1 is 0.783 bits per heavy atom. The standard InChI is InChI=1S/C19H32O2S2/c1-3-4-5-6-7-8-9-10-11-12-17-22-23(20,21)19-15-13-18(2)14-16-19/h13-16H,3-12,17H2,1-2H3. The molecule has 0 aliphatic heterocycles. The summed E-state index contributed by atoms with van der Waals surface area (Å²) in [6, 6.07) is 7.12. The third-order valence-corrected chi connectivity index (χ3v) is 7.67. The van der Waals surface area contributed by atoms with Gasteiger partial charge in [-0.05, 0) is 36.3 Å². The maximum Gasteiger partial charge on any atom is 0.229 e. The smallest absolute Gasteiger partial charge is 0.212 e. The molecule has 0 aliphatic carbocycles. The minimum atomic E-state index is -3.17. The molecule has 0 saturated carbocycles. The largest absolute Gasteiger partial charge is 0.229 e. The van der Waals surface area contributed by atoms with Crippen LogP contribution in [0.3, 0.4) is 0 Å². The van der Waals surface area contributed by atoms with E-state index in [1.54, 1.807) is 12.1 Å². The number of benzene rings is 1. The van der Waals surface area contributed by atoms with Gasteiger partial charge < -0.3 is 0 Å². The molecule has 0 spiro atoms. The van der Waals surface area contributed by atoms with Crippen LogP contribution in [0.4, 0.5) is 0 Å². The van der Waals surface area contributed by atoms with Crippen LogP contribution in [0.15, 0.2) is 29.2 Å². The van der Waals surface area contributed by atoms with Gasteiger partial charge in [-0.3, -0.25) is 0 Å². The summed E-state index contributed by atoms with van der Waals surface area (Å²) in [6.07, 6.45) is 12.8. The van der Waals surface area contributed by atoms with Crippen LogP contribution >= 0.6 is 10.8 Å². The summed E-state index contributed by atoms with van der Waals surface area (Å²) >= 11 is 0. The van der Waals surface area contributed by atoms with Crippen molar-refractivity contribution in [3.63, 3.8) is 0 Å². The van der Waals surface area contributed by atoms with Crippen LogP contribution in [0.25, 0.3) is 0 Å². The molecule has 132 valence electrons. The second-order valence-electron chi connectivity index (χ2n) is 6.27. The molecule has 0 atom stereocenters. The minimum Gasteiger partial charge on any atom is -0.212 e. The molecule has 1 aromatic carbocycles. The molecule has 0 fully saturated rings. The van der Waals surface area contributed by atoms with Crippen LogP contribution < -0.4 is 0 Å². The van der Waals surface area contributed by atoms with Crippen LogP contribution in [0.1, 0.15) is 76.7 Å². The van der Waals surface area contributed by atoms with Gasteiger partial charge in [0, 0.05) is 5.75 Å². The van der Waals surface area contributed by atoms with Gasteiger partial charge in [0.05, 0.1) is 4.90 Å². The molecule has 4 heteroatoms. The number of hydrogen-bond donors (Lipinski definition) is 0. The maximum absolute atomic E-state index is 12.2. The summed E-state index contributed by atoms with van der Waals surface area (Å²) in [6.45, 7) is 4.21. The summed E-state index contributed by atoms with van der Waals surface area (Å²) in [4.78, 5) is 0.431. The lowest BCUT2D eigenvalue weighted by Gasteiger charge is -2.05. The first-order chi connectivity index (χ1) is 11.1. The van der Waals surface area contributed by atoms with Crippen molar-refractivity contribution >= 4 is 19.7 Å². The van der Waals surface area contributed by atoms with Crippen LogP contribution in [-0.2, 0) is 8.87 Å². The highest BCUT2D eigenvalue weighted by Gasteiger charge is 2.14. The van der Waals surface area contributed by atoms with Crippen LogP contribution in [0, 0.1) is 6.92 Å². The van der Waals surface area contributed by atoms with Crippen molar-refractivity contribution in [3.05, 3.63) is 29.8 Å². The summed E-state index contributed by atoms with van der Waals surface area (Å²) in [5.74, 6) is 0.701. The topological polar surface area (TPSA) is 34.1 Å². The van der Waals surface area contributed by atoms with E-state index in [9.17, 15) is 8.42 Å². The van der Waals surface area contributed by atoms with Gasteiger partial charge >= 0.3 is 0 Å². The molecule has 0 radical (unpaired) electrons. The molecule has 2 nitrogen and oxygen atoms in total. The number of unbranched alkanes of at least 4 members (excludes halogenated alkanes) is 9. The Balaban J connectivity index is 2.05. The number of hydrogen-bond acceptors (Lipinski definition) is 3. The molecular formula is C19H32O2S2. The summed E-state index contributed by atoms with van der Waals surface area (Å²) in [5, 5.41) is 0. The lowest BCUT2D eigenvalue weighted by molar-refractivity contribution is 0.563. The first kappa shape index (κ1) is 20.6. The fraction of sp³-hybridized carbons (Fsp3) is 0.684. The van der Waals surface area contributed by atoms with Crippen molar-refractivity contribution < 1.29 is 8.42 Å². The second-order valence-corrected chi connectivity index (χ2v) is 10.3. The normalized spacial score (nSPS) is 11.7. The average molecular weight is 357 g/mol. The highest BCUT2D eigenvalue weighted by molar-refractivity contribution is 8.72. The van der Waals surface area contributed by atoms with Crippen LogP contribution in [0.5, 0.6) is 0 Å². The van der Waals surface area contributed by atoms with Gasteiger partial charge in [-0.2, -0.15) is 0 Å². The number of aryl methyl sites for hydroxylation is 1. The molecule has 1 rings (SSSR count). The van der Waals surface area contributed by atoms with E-state index in [1.807, 2.05) is 19.1 Å². The monoisotopic (exact) mass is 356 g/mol. The zero-order chi connectivity index (χ0) is 17.0. The van der Waals surface area contributed by atoms with Crippen molar-refractivity contribution in [1.29, 1.82) is 0 Å². The Bertz CT molecular complexity index is 507. The van der Waals surface area contributed by atoms with E-state index >= 15 is 0 Å². The first-order valence-corrected chi connectivity index (χ1v) is 12.0. The molecule has 1 aromatic rings. The number of rotatable bonds is 13. The quantitative estimate of drug-likeness (QED) is 0.305. The van der Waals surface area contributed by atoms with Crippen molar-refractivity contribution in [1.82, 2.24) is 0 Å².